The predicted octanol–water partition coefficient (Wildman–Crippen LogP) is 3.15. The lowest BCUT2D eigenvalue weighted by Crippen LogP contribution is -2.53. The summed E-state index contributed by atoms with van der Waals surface area (Å²) in [4.78, 5) is 33.5. The van der Waals surface area contributed by atoms with Gasteiger partial charge in [-0.15, -0.1) is 0 Å². The molecule has 1 aliphatic rings. The Morgan fingerprint density at radius 2 is 1.97 bits per heavy atom. The fourth-order valence-electron chi connectivity index (χ4n) is 4.28. The molecule has 3 atom stereocenters. The van der Waals surface area contributed by atoms with Gasteiger partial charge in [0.25, 0.3) is 0 Å². The summed E-state index contributed by atoms with van der Waals surface area (Å²) in [7, 11) is 0. The average Bonchev–Trinajstić information content (AvgIpc) is 3.23. The Hall–Kier alpha value is -2.73. The van der Waals surface area contributed by atoms with E-state index in [9.17, 15) is 9.59 Å². The normalized spacial score (nSPS) is 18.3. The number of carbonyl (C=O) groups is 2. The monoisotopic (exact) mass is 408 g/mol. The molecule has 0 saturated carbocycles. The van der Waals surface area contributed by atoms with Gasteiger partial charge in [-0.3, -0.25) is 14.6 Å². The molecular weight excluding hydrogens is 376 g/mol. The Balaban J connectivity index is 1.88. The van der Waals surface area contributed by atoms with E-state index in [2.05, 4.69) is 18.8 Å². The zero-order valence-corrected chi connectivity index (χ0v) is 17.9. The number of rotatable bonds is 9. The SMILES string of the molecule is CC(C)C[C@H](N)C(=O)N1CCC[C@H]1N(C=O)[C@@H](Cc1ccccn1)c1ccccc1. The zero-order chi connectivity index (χ0) is 21.5. The molecule has 0 radical (unpaired) electrons. The Kier molecular flexibility index (Phi) is 7.57. The second kappa shape index (κ2) is 10.3. The first-order valence-electron chi connectivity index (χ1n) is 10.7. The predicted molar refractivity (Wildman–Crippen MR) is 117 cm³/mol. The topological polar surface area (TPSA) is 79.5 Å². The van der Waals surface area contributed by atoms with Crippen molar-refractivity contribution in [3.8, 4) is 0 Å². The van der Waals surface area contributed by atoms with E-state index in [1.54, 1.807) is 16.0 Å². The summed E-state index contributed by atoms with van der Waals surface area (Å²) in [6.45, 7) is 4.75. The number of carbonyl (C=O) groups excluding carboxylic acids is 2. The number of likely N-dealkylation sites (tertiary alicyclic amines) is 1. The first-order chi connectivity index (χ1) is 14.5. The van der Waals surface area contributed by atoms with Gasteiger partial charge >= 0.3 is 0 Å². The number of amides is 2. The minimum atomic E-state index is -0.537. The molecule has 1 aromatic carbocycles. The van der Waals surface area contributed by atoms with E-state index in [0.717, 1.165) is 30.5 Å². The van der Waals surface area contributed by atoms with Crippen LogP contribution in [0.15, 0.2) is 54.7 Å². The van der Waals surface area contributed by atoms with Crippen LogP contribution in [0.5, 0.6) is 0 Å². The van der Waals surface area contributed by atoms with Gasteiger partial charge in [0.15, 0.2) is 0 Å². The van der Waals surface area contributed by atoms with E-state index in [1.165, 1.54) is 0 Å². The van der Waals surface area contributed by atoms with Crippen LogP contribution in [0.25, 0.3) is 0 Å². The Morgan fingerprint density at radius 1 is 1.23 bits per heavy atom. The molecule has 2 amide bonds. The van der Waals surface area contributed by atoms with E-state index in [4.69, 9.17) is 5.73 Å². The molecule has 1 saturated heterocycles. The maximum absolute atomic E-state index is 13.1. The lowest BCUT2D eigenvalue weighted by atomic mass is 9.99. The number of aromatic nitrogens is 1. The largest absolute Gasteiger partial charge is 0.321 e. The van der Waals surface area contributed by atoms with Crippen LogP contribution < -0.4 is 5.73 Å². The molecule has 160 valence electrons. The molecule has 0 unspecified atom stereocenters. The van der Waals surface area contributed by atoms with Crippen molar-refractivity contribution in [1.29, 1.82) is 0 Å². The van der Waals surface area contributed by atoms with Crippen molar-refractivity contribution < 1.29 is 9.59 Å². The van der Waals surface area contributed by atoms with Gasteiger partial charge in [-0.25, -0.2) is 0 Å². The van der Waals surface area contributed by atoms with E-state index in [1.807, 2.05) is 48.5 Å². The van der Waals surface area contributed by atoms with Crippen LogP contribution >= 0.6 is 0 Å². The molecule has 1 fully saturated rings. The highest BCUT2D eigenvalue weighted by molar-refractivity contribution is 5.82. The highest BCUT2D eigenvalue weighted by Crippen LogP contribution is 2.31. The van der Waals surface area contributed by atoms with Crippen molar-refractivity contribution in [2.24, 2.45) is 11.7 Å². The Morgan fingerprint density at radius 3 is 2.60 bits per heavy atom. The molecule has 2 N–H and O–H groups in total. The van der Waals surface area contributed by atoms with Gasteiger partial charge in [0.2, 0.25) is 12.3 Å². The third-order valence-electron chi connectivity index (χ3n) is 5.69. The standard InChI is InChI=1S/C24H32N4O2/c1-18(2)15-21(25)24(30)27-14-8-12-23(27)28(17-29)22(19-9-4-3-5-10-19)16-20-11-6-7-13-26-20/h3-7,9-11,13,17-18,21-23H,8,12,14-16,25H2,1-2H3/t21-,22-,23+/m0/s1. The van der Waals surface area contributed by atoms with E-state index in [-0.39, 0.29) is 18.1 Å². The van der Waals surface area contributed by atoms with Gasteiger partial charge < -0.3 is 15.5 Å². The molecule has 6 nitrogen and oxygen atoms in total. The maximum Gasteiger partial charge on any atom is 0.241 e. The highest BCUT2D eigenvalue weighted by atomic mass is 16.2. The Labute approximate surface area is 179 Å². The van der Waals surface area contributed by atoms with Crippen molar-refractivity contribution >= 4 is 12.3 Å². The van der Waals surface area contributed by atoms with E-state index >= 15 is 0 Å². The number of pyridine rings is 1. The van der Waals surface area contributed by atoms with Crippen molar-refractivity contribution in [2.75, 3.05) is 6.54 Å². The van der Waals surface area contributed by atoms with Crippen LogP contribution in [0.3, 0.4) is 0 Å². The van der Waals surface area contributed by atoms with Crippen molar-refractivity contribution in [3.63, 3.8) is 0 Å². The summed E-state index contributed by atoms with van der Waals surface area (Å²) in [5, 5.41) is 0. The Bertz CT molecular complexity index is 812. The second-order valence-electron chi connectivity index (χ2n) is 8.39. The van der Waals surface area contributed by atoms with Crippen LogP contribution in [-0.4, -0.2) is 45.9 Å². The van der Waals surface area contributed by atoms with E-state index in [0.29, 0.717) is 25.3 Å². The molecule has 0 aliphatic carbocycles. The smallest absolute Gasteiger partial charge is 0.241 e. The van der Waals surface area contributed by atoms with Gasteiger partial charge in [0.05, 0.1) is 12.1 Å². The molecule has 30 heavy (non-hydrogen) atoms. The van der Waals surface area contributed by atoms with Crippen molar-refractivity contribution in [3.05, 3.63) is 66.0 Å². The third-order valence-corrected chi connectivity index (χ3v) is 5.69. The number of hydrogen-bond acceptors (Lipinski definition) is 4. The highest BCUT2D eigenvalue weighted by Gasteiger charge is 2.38. The van der Waals surface area contributed by atoms with Crippen molar-refractivity contribution in [2.45, 2.75) is 57.8 Å². The minimum absolute atomic E-state index is 0.0669. The van der Waals surface area contributed by atoms with Crippen LogP contribution in [-0.2, 0) is 16.0 Å². The fourth-order valence-corrected chi connectivity index (χ4v) is 4.28. The first-order valence-corrected chi connectivity index (χ1v) is 10.7. The number of hydrogen-bond donors (Lipinski definition) is 1. The van der Waals surface area contributed by atoms with Gasteiger partial charge in [-0.2, -0.15) is 0 Å². The molecule has 6 heteroatoms. The molecule has 0 bridgehead atoms. The molecule has 3 rings (SSSR count). The number of benzene rings is 1. The molecular formula is C24H32N4O2. The lowest BCUT2D eigenvalue weighted by molar-refractivity contribution is -0.141. The summed E-state index contributed by atoms with van der Waals surface area (Å²) in [6.07, 6.45) is 5.19. The van der Waals surface area contributed by atoms with Crippen LogP contribution in [0, 0.1) is 5.92 Å². The molecule has 2 aromatic rings. The zero-order valence-electron chi connectivity index (χ0n) is 17.9. The summed E-state index contributed by atoms with van der Waals surface area (Å²) in [5.74, 6) is 0.274. The first kappa shape index (κ1) is 22.0. The van der Waals surface area contributed by atoms with Gasteiger partial charge in [-0.1, -0.05) is 50.2 Å². The second-order valence-corrected chi connectivity index (χ2v) is 8.39. The number of nitrogens with zero attached hydrogens (tertiary/aromatic N) is 3. The minimum Gasteiger partial charge on any atom is -0.321 e. The van der Waals surface area contributed by atoms with Crippen LogP contribution in [0.4, 0.5) is 0 Å². The van der Waals surface area contributed by atoms with Gasteiger partial charge in [-0.05, 0) is 42.9 Å². The fraction of sp³-hybridized carbons (Fsp3) is 0.458. The molecule has 0 spiro atoms. The quantitative estimate of drug-likeness (QED) is 0.647. The summed E-state index contributed by atoms with van der Waals surface area (Å²) in [5.41, 5.74) is 8.14. The third kappa shape index (κ3) is 5.25. The van der Waals surface area contributed by atoms with Gasteiger partial charge in [0, 0.05) is 24.9 Å². The lowest BCUT2D eigenvalue weighted by Gasteiger charge is -2.39. The summed E-state index contributed by atoms with van der Waals surface area (Å²) >= 11 is 0. The van der Waals surface area contributed by atoms with Crippen LogP contribution in [0.2, 0.25) is 0 Å². The van der Waals surface area contributed by atoms with Gasteiger partial charge in [0.1, 0.15) is 6.17 Å². The van der Waals surface area contributed by atoms with Crippen LogP contribution in [0.1, 0.15) is 50.4 Å². The molecule has 1 aliphatic heterocycles. The van der Waals surface area contributed by atoms with E-state index < -0.39 is 6.04 Å². The molecule has 1 aromatic heterocycles. The average molecular weight is 409 g/mol. The molecule has 2 heterocycles. The number of nitrogens with two attached hydrogens (primary N) is 1. The summed E-state index contributed by atoms with van der Waals surface area (Å²) in [6, 6.07) is 15.0. The van der Waals surface area contributed by atoms with Crippen molar-refractivity contribution in [1.82, 2.24) is 14.8 Å². The summed E-state index contributed by atoms with van der Waals surface area (Å²) < 4.78 is 0. The maximum atomic E-state index is 13.1.